The Hall–Kier alpha value is -2.09. The van der Waals surface area contributed by atoms with E-state index in [4.69, 9.17) is 120 Å². The van der Waals surface area contributed by atoms with Gasteiger partial charge in [-0.05, 0) is 39.0 Å². The van der Waals surface area contributed by atoms with Crippen molar-refractivity contribution in [2.75, 3.05) is 173 Å². The molecule has 718 valence electrons. The van der Waals surface area contributed by atoms with E-state index in [1.54, 1.807) is 27.7 Å². The number of methoxy groups -OCH3 is 2. The fraction of sp³-hybridized carbons (Fsp3) is 0.988. The number of ether oxygens (including phenoxy) is 22. The summed E-state index contributed by atoms with van der Waals surface area (Å²) in [5.74, 6) is -1.62. The largest absolute Gasteiger partial charge is 0.394 e. The summed E-state index contributed by atoms with van der Waals surface area (Å²) in [5.41, 5.74) is -6.58. The van der Waals surface area contributed by atoms with Gasteiger partial charge in [-0.25, -0.2) is 0 Å². The zero-order valence-corrected chi connectivity index (χ0v) is 73.3. The number of unbranched alkanes of at least 4 members (excludes halogenated alkanes) is 4. The molecule has 0 aromatic carbocycles. The minimum Gasteiger partial charge on any atom is -0.394 e. The number of carbonyl (C=O) groups is 1. The van der Waals surface area contributed by atoms with Crippen LogP contribution in [0.2, 0.25) is 0 Å². The smallest absolute Gasteiger partial charge is 0.217 e. The molecule has 0 saturated carbocycles. The molecule has 0 aromatic heterocycles. The first kappa shape index (κ1) is 107. The van der Waals surface area contributed by atoms with E-state index in [9.17, 15) is 76.3 Å². The molecule has 41 nitrogen and oxygen atoms in total. The van der Waals surface area contributed by atoms with Gasteiger partial charge >= 0.3 is 0 Å². The highest BCUT2D eigenvalue weighted by Gasteiger charge is 2.65. The molecule has 35 atom stereocenters. The van der Waals surface area contributed by atoms with Gasteiger partial charge in [-0.2, -0.15) is 0 Å². The summed E-state index contributed by atoms with van der Waals surface area (Å²) in [6, 6.07) is -0.824. The number of aliphatic hydroxyl groups excluding tert-OH is 17. The number of amides is 1. The van der Waals surface area contributed by atoms with Crippen LogP contribution in [0.25, 0.3) is 0 Å². The molecule has 41 heteroatoms. The van der Waals surface area contributed by atoms with Gasteiger partial charge in [0, 0.05) is 96.3 Å². The SMILES string of the molecule is CC(=O)N[C@H]1[C@H]2OC[C@](CO)(O2)[C@H](O)[C@@H]1O.CCCCCOC[C@@]12CO[C@@H](O1)[C@H](C)[C@@H](O)[C@H]2O.CCCCOC[C@@]12CO[C@@H](O1)[C@H](C)[C@@H](O)[C@H]2O.CCCOC[C@@]12CO[C@@H](O1)[C@H](C)[C@@H](O)[C@H]2O.CCOC[C@@]12CO[C@@H](O1)[C@H](C)[C@@H](O)[C@H]2O.COC[C@@]12CO[C@@H](O1)[C@H](C)[C@@H](O)[C@H]2O.COC[C@@]12CO[C@@H](O1)[C@H](C)[C@@H](O)[C@H]2O.OCCOCCCCOCCO. The molecule has 0 aromatic rings. The molecule has 18 N–H and O–H groups in total. The van der Waals surface area contributed by atoms with E-state index in [0.717, 1.165) is 51.4 Å². The first-order chi connectivity index (χ1) is 58.0. The van der Waals surface area contributed by atoms with E-state index in [1.165, 1.54) is 21.1 Å². The third kappa shape index (κ3) is 25.6. The number of fused-ring (bicyclic) bond motifs is 14. The van der Waals surface area contributed by atoms with Gasteiger partial charge in [0.05, 0.1) is 156 Å². The van der Waals surface area contributed by atoms with Crippen molar-refractivity contribution in [2.45, 2.75) is 302 Å². The predicted octanol–water partition coefficient (Wildman–Crippen LogP) is -4.29. The quantitative estimate of drug-likeness (QED) is 0.0277. The lowest BCUT2D eigenvalue weighted by Crippen LogP contribution is -2.66. The van der Waals surface area contributed by atoms with Crippen molar-refractivity contribution in [3.8, 4) is 0 Å². The lowest BCUT2D eigenvalue weighted by molar-refractivity contribution is -0.248. The van der Waals surface area contributed by atoms with Crippen LogP contribution in [0.3, 0.4) is 0 Å². The second-order valence-electron chi connectivity index (χ2n) is 34.2. The van der Waals surface area contributed by atoms with Crippen LogP contribution in [-0.2, 0) is 109 Å². The molecule has 14 aliphatic rings. The standard InChI is InChI=1S/C13H24O5.C12H22O5.C11H20O5.C10H18O5.C9H15NO6.2C9H16O5.C8H18O4/c1-3-4-5-6-16-7-13-8-17-12(18-13)9(2)10(14)11(13)15;1-3-4-5-15-6-12-7-16-11(17-12)8(2)9(13)10(12)14;1-3-4-14-5-11-6-15-10(16-11)7(2)8(12)9(11)13;1-3-13-4-10-5-14-9(15-10)6(2)7(11)8(10)12;1-4(12)10-5-6(13)7(14)9(2-11)3-15-8(5)16-9;2*1-5-6(10)7(11)9(3-12-2)4-13-8(5)14-9;9-3-7-11-5-1-2-6-12-8-4-10/h9-12,14-15H,3-8H2,1-2H3;8-11,13-14H,3-7H2,1-2H3;7-10,12-13H,3-6H2,1-2H3;6-9,11-12H,3-5H2,1-2H3;5-8,11,13-14H,2-3H2,1H3,(H,10,12);2*5-8,10-11H,3-4H2,1-2H3;9-10H,1-8H2/t9-,10-,11-,12+,13+;8-,9-,10-,11+,12+;7-,8-,9-,10+,11+;6-,7-,8-,9+,10+;3*5-,6-,7-,8+,9+;/m1111111./s1. The second kappa shape index (κ2) is 50.0. The van der Waals surface area contributed by atoms with E-state index in [2.05, 4.69) is 19.2 Å². The van der Waals surface area contributed by atoms with Gasteiger partial charge in [0.2, 0.25) is 5.91 Å². The number of carbonyl (C=O) groups excluding carboxylic acids is 1. The van der Waals surface area contributed by atoms with Gasteiger partial charge in [-0.1, -0.05) is 81.6 Å². The Bertz CT molecular complexity index is 2880. The van der Waals surface area contributed by atoms with Gasteiger partial charge < -0.3 is 196 Å². The number of hydrogen-bond acceptors (Lipinski definition) is 40. The molecular formula is C81H149NO40. The van der Waals surface area contributed by atoms with Crippen molar-refractivity contribution >= 4 is 5.91 Å². The molecule has 0 radical (unpaired) electrons. The molecule has 122 heavy (non-hydrogen) atoms. The summed E-state index contributed by atoms with van der Waals surface area (Å²) in [6.45, 7) is 27.8. The van der Waals surface area contributed by atoms with Crippen LogP contribution in [-0.4, -0.2) is 440 Å². The van der Waals surface area contributed by atoms with E-state index >= 15 is 0 Å². The molecule has 0 spiro atoms. The summed E-state index contributed by atoms with van der Waals surface area (Å²) in [4.78, 5) is 10.9. The zero-order valence-electron chi connectivity index (χ0n) is 73.3. The Morgan fingerprint density at radius 1 is 0.311 bits per heavy atom. The average Bonchev–Trinajstić information content (AvgIpc) is 1.81. The van der Waals surface area contributed by atoms with Crippen LogP contribution in [0, 0.1) is 35.5 Å². The van der Waals surface area contributed by atoms with Gasteiger partial charge in [0.15, 0.2) is 44.0 Å². The Kier molecular flexibility index (Phi) is 43.8. The van der Waals surface area contributed by atoms with Crippen LogP contribution in [0.15, 0.2) is 0 Å². The van der Waals surface area contributed by atoms with E-state index in [-0.39, 0.29) is 141 Å². The Labute approximate surface area is 715 Å². The van der Waals surface area contributed by atoms with Gasteiger partial charge in [0.1, 0.15) is 94.1 Å². The Morgan fingerprint density at radius 2 is 0.566 bits per heavy atom. The highest BCUT2D eigenvalue weighted by Crippen LogP contribution is 2.46. The molecule has 14 fully saturated rings. The van der Waals surface area contributed by atoms with Crippen LogP contribution in [0.1, 0.15) is 128 Å². The van der Waals surface area contributed by atoms with Crippen molar-refractivity contribution in [3.63, 3.8) is 0 Å². The monoisotopic (exact) mass is 1780 g/mol. The summed E-state index contributed by atoms with van der Waals surface area (Å²) in [6.07, 6.45) is -8.37. The number of hydrogen-bond donors (Lipinski definition) is 18. The molecular weight excluding hydrogens is 1630 g/mol. The topological polar surface area (TPSA) is 576 Å². The lowest BCUT2D eigenvalue weighted by Gasteiger charge is -2.41. The second-order valence-corrected chi connectivity index (χ2v) is 34.2. The highest BCUT2D eigenvalue weighted by atomic mass is 16.8. The first-order valence-electron chi connectivity index (χ1n) is 43.2. The van der Waals surface area contributed by atoms with Crippen molar-refractivity contribution in [1.29, 1.82) is 0 Å². The van der Waals surface area contributed by atoms with Crippen LogP contribution in [0.4, 0.5) is 0 Å². The zero-order chi connectivity index (χ0) is 90.1. The van der Waals surface area contributed by atoms with E-state index < -0.39 is 181 Å². The third-order valence-corrected chi connectivity index (χ3v) is 24.6. The Morgan fingerprint density at radius 3 is 0.844 bits per heavy atom. The molecule has 14 saturated heterocycles. The van der Waals surface area contributed by atoms with Gasteiger partial charge in [0.25, 0.3) is 0 Å². The lowest BCUT2D eigenvalue weighted by atomic mass is 9.86. The average molecular weight is 1780 g/mol. The molecule has 14 heterocycles. The van der Waals surface area contributed by atoms with E-state index in [1.807, 2.05) is 27.7 Å². The summed E-state index contributed by atoms with van der Waals surface area (Å²) in [7, 11) is 3.06. The maximum absolute atomic E-state index is 10.9. The number of aliphatic hydroxyl groups is 17. The third-order valence-electron chi connectivity index (χ3n) is 24.6. The number of rotatable bonds is 33. The van der Waals surface area contributed by atoms with Crippen LogP contribution < -0.4 is 5.32 Å². The summed E-state index contributed by atoms with van der Waals surface area (Å²) >= 11 is 0. The molecule has 14 rings (SSSR count). The molecule has 1 amide bonds. The van der Waals surface area contributed by atoms with Crippen molar-refractivity contribution in [3.05, 3.63) is 0 Å². The summed E-state index contributed by atoms with van der Waals surface area (Å²) in [5, 5.41) is 167. The maximum atomic E-state index is 10.9. The maximum Gasteiger partial charge on any atom is 0.217 e. The van der Waals surface area contributed by atoms with Crippen molar-refractivity contribution < 1.29 is 196 Å². The number of nitrogens with one attached hydrogen (secondary N) is 1. The minimum atomic E-state index is -1.30. The van der Waals surface area contributed by atoms with Crippen molar-refractivity contribution in [2.24, 2.45) is 35.5 Å². The van der Waals surface area contributed by atoms with E-state index in [0.29, 0.717) is 52.9 Å². The van der Waals surface area contributed by atoms with Gasteiger partial charge in [-0.3, -0.25) is 4.79 Å². The minimum absolute atomic E-state index is 0.0114. The summed E-state index contributed by atoms with van der Waals surface area (Å²) < 4.78 is 119. The Balaban J connectivity index is 0.000000192. The van der Waals surface area contributed by atoms with Gasteiger partial charge in [-0.15, -0.1) is 0 Å². The molecule has 14 bridgehead atoms. The molecule has 0 aliphatic carbocycles. The van der Waals surface area contributed by atoms with Crippen LogP contribution in [0.5, 0.6) is 0 Å². The predicted molar refractivity (Wildman–Crippen MR) is 421 cm³/mol. The fourth-order valence-electron chi connectivity index (χ4n) is 16.3. The first-order valence-corrected chi connectivity index (χ1v) is 43.2. The molecule has 0 unspecified atom stereocenters. The molecule has 14 aliphatic heterocycles. The van der Waals surface area contributed by atoms with Crippen molar-refractivity contribution in [1.82, 2.24) is 5.32 Å². The normalized spacial score (nSPS) is 44.1. The highest BCUT2D eigenvalue weighted by molar-refractivity contribution is 5.73. The van der Waals surface area contributed by atoms with Crippen LogP contribution >= 0.6 is 0 Å². The fourth-order valence-corrected chi connectivity index (χ4v) is 16.3.